The molecule has 9 heteroatoms. The third kappa shape index (κ3) is 5.78. The predicted octanol–water partition coefficient (Wildman–Crippen LogP) is 2.71. The highest BCUT2D eigenvalue weighted by atomic mass is 19.4. The van der Waals surface area contributed by atoms with Gasteiger partial charge in [-0.1, -0.05) is 12.1 Å². The molecule has 0 bridgehead atoms. The molecule has 170 valence electrons. The van der Waals surface area contributed by atoms with Gasteiger partial charge >= 0.3 is 6.18 Å². The first-order chi connectivity index (χ1) is 14.9. The normalized spacial score (nSPS) is 19.2. The maximum Gasteiger partial charge on any atom is 0.416 e. The number of alkyl halides is 3. The Labute approximate surface area is 181 Å². The molecule has 2 aliphatic rings. The van der Waals surface area contributed by atoms with E-state index in [1.165, 1.54) is 12.1 Å². The van der Waals surface area contributed by atoms with Gasteiger partial charge in [-0.15, -0.1) is 0 Å². The molecule has 0 amide bonds. The molecule has 1 aromatic heterocycles. The number of aromatic nitrogens is 2. The molecule has 0 radical (unpaired) electrons. The molecular weight excluding hydrogens is 407 g/mol. The molecule has 2 fully saturated rings. The molecule has 31 heavy (non-hydrogen) atoms. The van der Waals surface area contributed by atoms with E-state index in [4.69, 9.17) is 9.84 Å². The summed E-state index contributed by atoms with van der Waals surface area (Å²) in [6.45, 7) is 12.2. The summed E-state index contributed by atoms with van der Waals surface area (Å²) >= 11 is 0. The number of morpholine rings is 1. The van der Waals surface area contributed by atoms with Crippen LogP contribution in [0.5, 0.6) is 0 Å². The molecule has 4 rings (SSSR count). The van der Waals surface area contributed by atoms with E-state index in [9.17, 15) is 13.2 Å². The van der Waals surface area contributed by atoms with Crippen molar-refractivity contribution in [3.63, 3.8) is 0 Å². The zero-order valence-corrected chi connectivity index (χ0v) is 17.9. The molecule has 0 spiro atoms. The Balaban J connectivity index is 1.29. The summed E-state index contributed by atoms with van der Waals surface area (Å²) in [6.07, 6.45) is -4.31. The number of halogens is 3. The van der Waals surface area contributed by atoms with Crippen molar-refractivity contribution in [2.24, 2.45) is 0 Å². The number of rotatable bonds is 6. The Bertz CT molecular complexity index is 838. The van der Waals surface area contributed by atoms with E-state index in [-0.39, 0.29) is 0 Å². The lowest BCUT2D eigenvalue weighted by Crippen LogP contribution is -2.49. The number of hydrogen-bond acceptors (Lipinski definition) is 5. The topological polar surface area (TPSA) is 36.8 Å². The smallest absolute Gasteiger partial charge is 0.379 e. The summed E-state index contributed by atoms with van der Waals surface area (Å²) in [5, 5.41) is 4.72. The van der Waals surface area contributed by atoms with Crippen LogP contribution in [-0.2, 0) is 17.5 Å². The summed E-state index contributed by atoms with van der Waals surface area (Å²) in [5.41, 5.74) is 1.18. The fourth-order valence-corrected chi connectivity index (χ4v) is 4.09. The molecule has 0 atom stereocenters. The van der Waals surface area contributed by atoms with E-state index in [0.717, 1.165) is 94.8 Å². The summed E-state index contributed by atoms with van der Waals surface area (Å²) in [6, 6.07) is 7.37. The van der Waals surface area contributed by atoms with Crippen LogP contribution in [-0.4, -0.2) is 85.2 Å². The summed E-state index contributed by atoms with van der Waals surface area (Å²) < 4.78 is 45.5. The van der Waals surface area contributed by atoms with Crippen LogP contribution >= 0.6 is 0 Å². The number of piperazine rings is 1. The highest BCUT2D eigenvalue weighted by Crippen LogP contribution is 2.29. The maximum atomic E-state index is 12.8. The Kier molecular flexibility index (Phi) is 6.83. The summed E-state index contributed by atoms with van der Waals surface area (Å²) in [4.78, 5) is 7.25. The minimum absolute atomic E-state index is 0.462. The van der Waals surface area contributed by atoms with E-state index in [0.29, 0.717) is 6.54 Å². The van der Waals surface area contributed by atoms with Crippen LogP contribution in [0.1, 0.15) is 16.8 Å². The molecule has 3 heterocycles. The lowest BCUT2D eigenvalue weighted by Gasteiger charge is -2.36. The van der Waals surface area contributed by atoms with E-state index in [1.54, 1.807) is 0 Å². The van der Waals surface area contributed by atoms with Crippen molar-refractivity contribution in [2.45, 2.75) is 19.6 Å². The number of hydrogen-bond donors (Lipinski definition) is 0. The molecule has 2 aliphatic heterocycles. The maximum absolute atomic E-state index is 12.8. The van der Waals surface area contributed by atoms with Crippen molar-refractivity contribution in [1.29, 1.82) is 0 Å². The van der Waals surface area contributed by atoms with Crippen LogP contribution in [0.25, 0.3) is 0 Å². The van der Waals surface area contributed by atoms with Gasteiger partial charge in [0, 0.05) is 64.1 Å². The van der Waals surface area contributed by atoms with Crippen molar-refractivity contribution >= 4 is 5.82 Å². The van der Waals surface area contributed by atoms with Crippen LogP contribution < -0.4 is 4.90 Å². The third-order valence-electron chi connectivity index (χ3n) is 6.11. The van der Waals surface area contributed by atoms with Crippen molar-refractivity contribution in [1.82, 2.24) is 19.6 Å². The van der Waals surface area contributed by atoms with Gasteiger partial charge in [-0.05, 0) is 24.6 Å². The fourth-order valence-electron chi connectivity index (χ4n) is 4.09. The Hall–Kier alpha value is -2.10. The highest BCUT2D eigenvalue weighted by Gasteiger charge is 2.30. The molecule has 0 unspecified atom stereocenters. The van der Waals surface area contributed by atoms with E-state index < -0.39 is 11.7 Å². The van der Waals surface area contributed by atoms with Crippen LogP contribution in [0.2, 0.25) is 0 Å². The number of benzene rings is 1. The average Bonchev–Trinajstić information content (AvgIpc) is 3.13. The molecule has 1 aromatic carbocycles. The molecule has 0 saturated carbocycles. The zero-order chi connectivity index (χ0) is 21.8. The first-order valence-electron chi connectivity index (χ1n) is 10.9. The lowest BCUT2D eigenvalue weighted by atomic mass is 10.1. The minimum atomic E-state index is -4.31. The lowest BCUT2D eigenvalue weighted by molar-refractivity contribution is -0.137. The molecule has 6 nitrogen and oxygen atoms in total. The van der Waals surface area contributed by atoms with Crippen molar-refractivity contribution in [2.75, 3.05) is 70.5 Å². The van der Waals surface area contributed by atoms with Crippen molar-refractivity contribution in [3.8, 4) is 0 Å². The SMILES string of the molecule is Cc1cc(N2CCN(CCN3CCOCC3)CC2)nn1Cc1ccc(C(F)(F)F)cc1. The van der Waals surface area contributed by atoms with Crippen LogP contribution in [0, 0.1) is 6.92 Å². The van der Waals surface area contributed by atoms with Gasteiger partial charge in [0.25, 0.3) is 0 Å². The van der Waals surface area contributed by atoms with Gasteiger partial charge in [0.1, 0.15) is 0 Å². The van der Waals surface area contributed by atoms with Gasteiger partial charge in [0.15, 0.2) is 5.82 Å². The van der Waals surface area contributed by atoms with Crippen LogP contribution in [0.4, 0.5) is 19.0 Å². The highest BCUT2D eigenvalue weighted by molar-refractivity contribution is 5.40. The molecule has 2 saturated heterocycles. The Morgan fingerprint density at radius 1 is 0.903 bits per heavy atom. The van der Waals surface area contributed by atoms with Crippen molar-refractivity contribution in [3.05, 3.63) is 47.2 Å². The number of anilines is 1. The summed E-state index contributed by atoms with van der Waals surface area (Å²) in [5.74, 6) is 0.942. The van der Waals surface area contributed by atoms with Gasteiger partial charge in [-0.3, -0.25) is 14.5 Å². The first-order valence-corrected chi connectivity index (χ1v) is 10.9. The number of nitrogens with zero attached hydrogens (tertiary/aromatic N) is 5. The Morgan fingerprint density at radius 2 is 1.52 bits per heavy atom. The van der Waals surface area contributed by atoms with E-state index in [1.807, 2.05) is 11.6 Å². The second kappa shape index (κ2) is 9.58. The standard InChI is InChI=1S/C22H30F3N5O/c1-18-16-21(26-30(18)17-19-2-4-20(5-3-19)22(23,24)25)29-10-8-27(9-11-29)6-7-28-12-14-31-15-13-28/h2-5,16H,6-15,17H2,1H3. The van der Waals surface area contributed by atoms with Crippen LogP contribution in [0.15, 0.2) is 30.3 Å². The van der Waals surface area contributed by atoms with Gasteiger partial charge in [0.05, 0.1) is 25.3 Å². The summed E-state index contributed by atoms with van der Waals surface area (Å²) in [7, 11) is 0. The largest absolute Gasteiger partial charge is 0.416 e. The molecule has 2 aromatic rings. The minimum Gasteiger partial charge on any atom is -0.379 e. The van der Waals surface area contributed by atoms with Gasteiger partial charge in [0.2, 0.25) is 0 Å². The zero-order valence-electron chi connectivity index (χ0n) is 17.9. The number of aryl methyl sites for hydroxylation is 1. The molecular formula is C22H30F3N5O. The van der Waals surface area contributed by atoms with Gasteiger partial charge < -0.3 is 9.64 Å². The second-order valence-corrected chi connectivity index (χ2v) is 8.28. The monoisotopic (exact) mass is 437 g/mol. The average molecular weight is 438 g/mol. The first kappa shape index (κ1) is 22.1. The third-order valence-corrected chi connectivity index (χ3v) is 6.11. The second-order valence-electron chi connectivity index (χ2n) is 8.28. The quantitative estimate of drug-likeness (QED) is 0.695. The fraction of sp³-hybridized carbons (Fsp3) is 0.591. The van der Waals surface area contributed by atoms with Gasteiger partial charge in [-0.2, -0.15) is 18.3 Å². The molecule has 0 aliphatic carbocycles. The van der Waals surface area contributed by atoms with Crippen LogP contribution in [0.3, 0.4) is 0 Å². The Morgan fingerprint density at radius 3 is 2.13 bits per heavy atom. The van der Waals surface area contributed by atoms with E-state index >= 15 is 0 Å². The predicted molar refractivity (Wildman–Crippen MR) is 113 cm³/mol. The number of ether oxygens (including phenoxy) is 1. The van der Waals surface area contributed by atoms with Crippen molar-refractivity contribution < 1.29 is 17.9 Å². The molecule has 0 N–H and O–H groups in total. The van der Waals surface area contributed by atoms with E-state index in [2.05, 4.69) is 20.8 Å². The van der Waals surface area contributed by atoms with Gasteiger partial charge in [-0.25, -0.2) is 0 Å².